The molecule has 2 atom stereocenters. The topological polar surface area (TPSA) is 48.1 Å². The molecular weight excluding hydrogens is 364 g/mol. The molecule has 0 aliphatic heterocycles. The second kappa shape index (κ2) is 4.35. The van der Waals surface area contributed by atoms with Gasteiger partial charge in [-0.3, -0.25) is 0 Å². The lowest BCUT2D eigenvalue weighted by Gasteiger charge is -2.21. The molecule has 94 valence electrons. The lowest BCUT2D eigenvalue weighted by atomic mass is 9.99. The molecule has 0 fully saturated rings. The molecule has 1 N–H and O–H groups in total. The Morgan fingerprint density at radius 1 is 1.22 bits per heavy atom. The average Bonchev–Trinajstić information content (AvgIpc) is 2.38. The van der Waals surface area contributed by atoms with Crippen LogP contribution in [0.2, 0.25) is 0 Å². The van der Waals surface area contributed by atoms with Crippen LogP contribution in [0.3, 0.4) is 0 Å². The molecule has 0 saturated carbocycles. The van der Waals surface area contributed by atoms with Crippen molar-refractivity contribution in [2.75, 3.05) is 0 Å². The van der Waals surface area contributed by atoms with Crippen LogP contribution in [-0.2, 0) is 0 Å². The van der Waals surface area contributed by atoms with E-state index in [1.54, 1.807) is 24.3 Å². The largest absolute Gasteiger partial charge is 0.428 e. The molecule has 6 heteroatoms. The number of fused-ring (bicyclic) bond motifs is 2. The van der Waals surface area contributed by atoms with Crippen molar-refractivity contribution in [3.8, 4) is 0 Å². The van der Waals surface area contributed by atoms with Crippen molar-refractivity contribution in [1.82, 2.24) is 4.73 Å². The third kappa shape index (κ3) is 1.62. The molecule has 1 aromatic carbocycles. The second-order valence-electron chi connectivity index (χ2n) is 4.38. The second-order valence-corrected chi connectivity index (χ2v) is 6.59. The standard InChI is InChI=1S/C12H11Br2N2O2/c13-7-5-6-8(14)12-11(7)15(17)9-3-1-2-4-10(9)16(12)18/h1-4,7-8,17H,5-6H2/q+1/t7-,8-/m1/s1. The third-order valence-electron chi connectivity index (χ3n) is 3.31. The lowest BCUT2D eigenvalue weighted by molar-refractivity contribution is -0.477. The van der Waals surface area contributed by atoms with Gasteiger partial charge < -0.3 is 5.21 Å². The number of alkyl halides is 2. The first-order chi connectivity index (χ1) is 8.61. The van der Waals surface area contributed by atoms with Gasteiger partial charge in [-0.25, -0.2) is 0 Å². The monoisotopic (exact) mass is 373 g/mol. The Kier molecular flexibility index (Phi) is 2.94. The smallest absolute Gasteiger partial charge is 0.290 e. The van der Waals surface area contributed by atoms with E-state index < -0.39 is 0 Å². The molecule has 0 amide bonds. The SMILES string of the molecule is O=[n+]1c2c(n(O)c3ccccc31)[C@H](Br)CC[C@H]2Br. The number of benzene rings is 1. The molecular formula is C12H11Br2N2O2+. The summed E-state index contributed by atoms with van der Waals surface area (Å²) in [5.74, 6) is 0. The van der Waals surface area contributed by atoms with Crippen molar-refractivity contribution < 1.29 is 9.63 Å². The van der Waals surface area contributed by atoms with Gasteiger partial charge in [0.1, 0.15) is 10.5 Å². The first kappa shape index (κ1) is 12.2. The highest BCUT2D eigenvalue weighted by Gasteiger charge is 2.37. The van der Waals surface area contributed by atoms with Gasteiger partial charge >= 0.3 is 0 Å². The molecule has 1 aliphatic rings. The van der Waals surface area contributed by atoms with E-state index in [1.807, 2.05) is 0 Å². The van der Waals surface area contributed by atoms with Crippen molar-refractivity contribution >= 4 is 42.9 Å². The van der Waals surface area contributed by atoms with Gasteiger partial charge in [-0.2, -0.15) is 4.73 Å². The first-order valence-corrected chi connectivity index (χ1v) is 7.52. The van der Waals surface area contributed by atoms with E-state index in [4.69, 9.17) is 0 Å². The Bertz CT molecular complexity index is 684. The molecule has 1 heterocycles. The van der Waals surface area contributed by atoms with E-state index in [2.05, 4.69) is 31.9 Å². The van der Waals surface area contributed by atoms with Crippen molar-refractivity contribution in [1.29, 1.82) is 0 Å². The van der Waals surface area contributed by atoms with Gasteiger partial charge in [0.2, 0.25) is 0 Å². The van der Waals surface area contributed by atoms with E-state index in [0.29, 0.717) is 22.4 Å². The summed E-state index contributed by atoms with van der Waals surface area (Å²) in [6, 6.07) is 7.05. The van der Waals surface area contributed by atoms with Crippen molar-refractivity contribution in [2.45, 2.75) is 22.5 Å². The minimum absolute atomic E-state index is 0.00361. The molecule has 3 rings (SSSR count). The van der Waals surface area contributed by atoms with E-state index in [9.17, 15) is 10.1 Å². The fourth-order valence-corrected chi connectivity index (χ4v) is 3.81. The predicted molar refractivity (Wildman–Crippen MR) is 75.1 cm³/mol. The maximum absolute atomic E-state index is 12.4. The van der Waals surface area contributed by atoms with Gasteiger partial charge in [0.25, 0.3) is 11.2 Å². The summed E-state index contributed by atoms with van der Waals surface area (Å²) in [5.41, 5.74) is 2.23. The quantitative estimate of drug-likeness (QED) is 0.436. The Labute approximate surface area is 120 Å². The normalized spacial score (nSPS) is 23.0. The van der Waals surface area contributed by atoms with Crippen LogP contribution >= 0.6 is 31.9 Å². The predicted octanol–water partition coefficient (Wildman–Crippen LogP) is 3.46. The molecule has 2 aromatic rings. The first-order valence-electron chi connectivity index (χ1n) is 5.68. The van der Waals surface area contributed by atoms with Crippen LogP contribution in [0.1, 0.15) is 33.9 Å². The zero-order valence-corrected chi connectivity index (χ0v) is 12.6. The molecule has 18 heavy (non-hydrogen) atoms. The van der Waals surface area contributed by atoms with Gasteiger partial charge in [0.05, 0.1) is 9.25 Å². The Morgan fingerprint density at radius 3 is 2.67 bits per heavy atom. The highest BCUT2D eigenvalue weighted by Crippen LogP contribution is 2.43. The van der Waals surface area contributed by atoms with Crippen LogP contribution in [0.4, 0.5) is 0 Å². The van der Waals surface area contributed by atoms with Crippen LogP contribution in [0.5, 0.6) is 0 Å². The number of rotatable bonds is 0. The van der Waals surface area contributed by atoms with E-state index in [0.717, 1.165) is 22.0 Å². The van der Waals surface area contributed by atoms with Gasteiger partial charge in [0.15, 0.2) is 5.52 Å². The number of nitrogens with zero attached hydrogens (tertiary/aromatic N) is 2. The summed E-state index contributed by atoms with van der Waals surface area (Å²) < 4.78 is 2.05. The van der Waals surface area contributed by atoms with Gasteiger partial charge in [0, 0.05) is 11.0 Å². The maximum Gasteiger partial charge on any atom is 0.290 e. The molecule has 1 aromatic heterocycles. The Hall–Kier alpha value is -0.880. The van der Waals surface area contributed by atoms with Crippen LogP contribution < -0.4 is 4.43 Å². The van der Waals surface area contributed by atoms with Crippen LogP contribution in [0.25, 0.3) is 11.0 Å². The zero-order chi connectivity index (χ0) is 12.9. The summed E-state index contributed by atoms with van der Waals surface area (Å²) in [4.78, 5) is 12.4. The number of hydrogen-bond donors (Lipinski definition) is 1. The summed E-state index contributed by atoms with van der Waals surface area (Å²) in [5, 5.41) is 10.3. The maximum atomic E-state index is 12.4. The average molecular weight is 375 g/mol. The number of aromatic nitrogens is 2. The molecule has 0 bridgehead atoms. The van der Waals surface area contributed by atoms with E-state index in [-0.39, 0.29) is 9.65 Å². The summed E-state index contributed by atoms with van der Waals surface area (Å²) in [6.07, 6.45) is 1.74. The molecule has 4 nitrogen and oxygen atoms in total. The molecule has 0 spiro atoms. The fraction of sp³-hybridized carbons (Fsp3) is 0.333. The molecule has 0 radical (unpaired) electrons. The minimum Gasteiger partial charge on any atom is -0.428 e. The minimum atomic E-state index is -0.0261. The van der Waals surface area contributed by atoms with Gasteiger partial charge in [-0.15, -0.1) is 0 Å². The van der Waals surface area contributed by atoms with Crippen molar-refractivity contribution in [3.63, 3.8) is 0 Å². The van der Waals surface area contributed by atoms with E-state index >= 15 is 0 Å². The van der Waals surface area contributed by atoms with Gasteiger partial charge in [-0.1, -0.05) is 44.0 Å². The summed E-state index contributed by atoms with van der Waals surface area (Å²) >= 11 is 7.05. The number of hydrogen-bond acceptors (Lipinski definition) is 2. The summed E-state index contributed by atoms with van der Waals surface area (Å²) in [7, 11) is 0. The zero-order valence-electron chi connectivity index (χ0n) is 9.38. The number of para-hydroxylation sites is 2. The molecule has 0 unspecified atom stereocenters. The highest BCUT2D eigenvalue weighted by molar-refractivity contribution is 9.09. The Balaban J connectivity index is 2.50. The summed E-state index contributed by atoms with van der Waals surface area (Å²) in [6.45, 7) is 0. The van der Waals surface area contributed by atoms with Gasteiger partial charge in [-0.05, 0) is 18.9 Å². The highest BCUT2D eigenvalue weighted by atomic mass is 79.9. The fourth-order valence-electron chi connectivity index (χ4n) is 2.43. The van der Waals surface area contributed by atoms with Crippen LogP contribution in [0, 0.1) is 4.91 Å². The molecule has 0 saturated heterocycles. The van der Waals surface area contributed by atoms with E-state index in [1.165, 1.54) is 0 Å². The van der Waals surface area contributed by atoms with Crippen molar-refractivity contribution in [3.05, 3.63) is 40.6 Å². The number of halogens is 2. The lowest BCUT2D eigenvalue weighted by Crippen LogP contribution is -2.32. The Morgan fingerprint density at radius 2 is 1.89 bits per heavy atom. The van der Waals surface area contributed by atoms with Crippen LogP contribution in [0.15, 0.2) is 24.3 Å². The van der Waals surface area contributed by atoms with Crippen LogP contribution in [-0.4, -0.2) is 9.94 Å². The van der Waals surface area contributed by atoms with Crippen molar-refractivity contribution in [2.24, 2.45) is 0 Å². The molecule has 1 aliphatic carbocycles. The third-order valence-corrected chi connectivity index (χ3v) is 5.09.